The van der Waals surface area contributed by atoms with Gasteiger partial charge in [-0.1, -0.05) is 36.6 Å². The lowest BCUT2D eigenvalue weighted by Gasteiger charge is -2.34. The summed E-state index contributed by atoms with van der Waals surface area (Å²) in [5.41, 5.74) is 3.92. The first-order valence-corrected chi connectivity index (χ1v) is 12.1. The molecule has 0 spiro atoms. The number of Topliss-reactive ketones (excluding diaryl/α,β-unsaturated/α-hetero) is 1. The Morgan fingerprint density at radius 1 is 0.971 bits per heavy atom. The third kappa shape index (κ3) is 4.22. The molecule has 2 aliphatic rings. The van der Waals surface area contributed by atoms with Crippen LogP contribution in [-0.2, 0) is 9.59 Å². The van der Waals surface area contributed by atoms with E-state index in [4.69, 9.17) is 4.52 Å². The highest BCUT2D eigenvalue weighted by Gasteiger charge is 2.49. The number of aliphatic hydroxyl groups is 1. The van der Waals surface area contributed by atoms with Crippen molar-refractivity contribution in [2.45, 2.75) is 38.1 Å². The third-order valence-electron chi connectivity index (χ3n) is 7.12. The molecule has 3 aromatic rings. The fourth-order valence-corrected chi connectivity index (χ4v) is 5.26. The fraction of sp³-hybridized carbons (Fsp3) is 0.321. The molecule has 7 nitrogen and oxygen atoms in total. The Bertz CT molecular complexity index is 1240. The minimum atomic E-state index is -0.629. The van der Waals surface area contributed by atoms with Crippen molar-refractivity contribution >= 4 is 28.8 Å². The number of hydrogen-bond acceptors (Lipinski definition) is 6. The van der Waals surface area contributed by atoms with Crippen LogP contribution in [0.4, 0.5) is 11.4 Å². The SMILES string of the molecule is CN(C)c1ccc(C(O)=C2C(=O)C(=O)N(c3ccc(-c4ccon4)cc3)C2C2CCCCC2)cc1. The summed E-state index contributed by atoms with van der Waals surface area (Å²) in [7, 11) is 3.88. The van der Waals surface area contributed by atoms with Gasteiger partial charge in [-0.3, -0.25) is 14.5 Å². The first-order chi connectivity index (χ1) is 17.0. The minimum absolute atomic E-state index is 0.104. The highest BCUT2D eigenvalue weighted by Crippen LogP contribution is 2.41. The monoisotopic (exact) mass is 471 g/mol. The Kier molecular flexibility index (Phi) is 6.16. The number of benzene rings is 2. The van der Waals surface area contributed by atoms with Gasteiger partial charge in [0.25, 0.3) is 11.7 Å². The van der Waals surface area contributed by atoms with E-state index >= 15 is 0 Å². The molecule has 1 atom stereocenters. The smallest absolute Gasteiger partial charge is 0.299 e. The van der Waals surface area contributed by atoms with E-state index in [1.54, 1.807) is 23.1 Å². The number of anilines is 2. The molecule has 1 saturated heterocycles. The fourth-order valence-electron chi connectivity index (χ4n) is 5.26. The molecule has 1 unspecified atom stereocenters. The Labute approximate surface area is 204 Å². The van der Waals surface area contributed by atoms with Gasteiger partial charge >= 0.3 is 0 Å². The molecule has 2 heterocycles. The average molecular weight is 472 g/mol. The molecule has 35 heavy (non-hydrogen) atoms. The van der Waals surface area contributed by atoms with Gasteiger partial charge in [0.2, 0.25) is 0 Å². The lowest BCUT2D eigenvalue weighted by atomic mass is 9.80. The summed E-state index contributed by atoms with van der Waals surface area (Å²) in [6.45, 7) is 0. The zero-order valence-electron chi connectivity index (χ0n) is 20.0. The Balaban J connectivity index is 1.57. The van der Waals surface area contributed by atoms with Crippen molar-refractivity contribution in [3.8, 4) is 11.3 Å². The number of nitrogens with zero attached hydrogens (tertiary/aromatic N) is 3. The molecular weight excluding hydrogens is 442 g/mol. The van der Waals surface area contributed by atoms with Crippen molar-refractivity contribution in [2.75, 3.05) is 23.9 Å². The highest BCUT2D eigenvalue weighted by atomic mass is 16.5. The molecular formula is C28H29N3O4. The van der Waals surface area contributed by atoms with Crippen molar-refractivity contribution < 1.29 is 19.2 Å². The maximum atomic E-state index is 13.4. The van der Waals surface area contributed by atoms with Gasteiger partial charge in [-0.25, -0.2) is 0 Å². The van der Waals surface area contributed by atoms with Gasteiger partial charge in [0, 0.05) is 42.7 Å². The predicted molar refractivity (Wildman–Crippen MR) is 135 cm³/mol. The minimum Gasteiger partial charge on any atom is -0.507 e. The summed E-state index contributed by atoms with van der Waals surface area (Å²) < 4.78 is 4.93. The molecule has 0 bridgehead atoms. The predicted octanol–water partition coefficient (Wildman–Crippen LogP) is 5.24. The van der Waals surface area contributed by atoms with Gasteiger partial charge in [0.05, 0.1) is 11.6 Å². The molecule has 2 fully saturated rings. The quantitative estimate of drug-likeness (QED) is 0.311. The second-order valence-corrected chi connectivity index (χ2v) is 9.48. The Morgan fingerprint density at radius 2 is 1.66 bits per heavy atom. The van der Waals surface area contributed by atoms with E-state index < -0.39 is 17.7 Å². The van der Waals surface area contributed by atoms with Crippen molar-refractivity contribution in [1.29, 1.82) is 0 Å². The normalized spacial score (nSPS) is 20.4. The summed E-state index contributed by atoms with van der Waals surface area (Å²) >= 11 is 0. The molecule has 1 saturated carbocycles. The van der Waals surface area contributed by atoms with Gasteiger partial charge < -0.3 is 14.5 Å². The standard InChI is InChI=1S/C28H29N3O4/c1-30(2)21-12-10-20(11-13-21)26(32)24-25(19-6-4-3-5-7-19)31(28(34)27(24)33)22-14-8-18(9-15-22)23-16-17-35-29-23/h8-17,19,25,32H,3-7H2,1-2H3. The molecule has 1 aliphatic carbocycles. The zero-order valence-corrected chi connectivity index (χ0v) is 20.0. The van der Waals surface area contributed by atoms with Crippen LogP contribution < -0.4 is 9.80 Å². The first kappa shape index (κ1) is 22.9. The second kappa shape index (κ2) is 9.41. The van der Waals surface area contributed by atoms with Crippen molar-refractivity contribution in [3.05, 3.63) is 72.0 Å². The summed E-state index contributed by atoms with van der Waals surface area (Å²) in [5, 5.41) is 15.3. The van der Waals surface area contributed by atoms with Gasteiger partial charge in [0.15, 0.2) is 0 Å². The van der Waals surface area contributed by atoms with Crippen LogP contribution in [0, 0.1) is 5.92 Å². The maximum absolute atomic E-state index is 13.4. The van der Waals surface area contributed by atoms with Gasteiger partial charge in [-0.15, -0.1) is 0 Å². The molecule has 180 valence electrons. The summed E-state index contributed by atoms with van der Waals surface area (Å²) in [6, 6.07) is 16.0. The van der Waals surface area contributed by atoms with E-state index in [2.05, 4.69) is 5.16 Å². The first-order valence-electron chi connectivity index (χ1n) is 12.1. The number of hydrogen-bond donors (Lipinski definition) is 1. The van der Waals surface area contributed by atoms with E-state index in [9.17, 15) is 14.7 Å². The Hall–Kier alpha value is -3.87. The molecule has 7 heteroatoms. The third-order valence-corrected chi connectivity index (χ3v) is 7.12. The molecule has 1 aromatic heterocycles. The van der Waals surface area contributed by atoms with Crippen LogP contribution in [0.25, 0.3) is 17.0 Å². The van der Waals surface area contributed by atoms with E-state index in [1.807, 2.05) is 55.4 Å². The van der Waals surface area contributed by atoms with E-state index in [0.29, 0.717) is 16.9 Å². The lowest BCUT2D eigenvalue weighted by Crippen LogP contribution is -2.40. The molecule has 1 N–H and O–H groups in total. The van der Waals surface area contributed by atoms with Crippen LogP contribution >= 0.6 is 0 Å². The summed E-state index contributed by atoms with van der Waals surface area (Å²) in [5.74, 6) is -1.23. The second-order valence-electron chi connectivity index (χ2n) is 9.48. The van der Waals surface area contributed by atoms with Crippen LogP contribution in [0.1, 0.15) is 37.7 Å². The average Bonchev–Trinajstić information content (AvgIpc) is 3.52. The van der Waals surface area contributed by atoms with Crippen LogP contribution in [0.2, 0.25) is 0 Å². The van der Waals surface area contributed by atoms with Crippen LogP contribution in [-0.4, -0.2) is 42.1 Å². The van der Waals surface area contributed by atoms with Gasteiger partial charge in [-0.05, 0) is 55.2 Å². The molecule has 1 amide bonds. The van der Waals surface area contributed by atoms with Crippen LogP contribution in [0.3, 0.4) is 0 Å². The number of aliphatic hydroxyl groups excluding tert-OH is 1. The summed E-state index contributed by atoms with van der Waals surface area (Å²) in [6.07, 6.45) is 6.58. The largest absolute Gasteiger partial charge is 0.507 e. The van der Waals surface area contributed by atoms with Gasteiger partial charge in [-0.2, -0.15) is 0 Å². The molecule has 1 aliphatic heterocycles. The molecule has 5 rings (SSSR count). The highest BCUT2D eigenvalue weighted by molar-refractivity contribution is 6.51. The number of amides is 1. The number of ketones is 1. The maximum Gasteiger partial charge on any atom is 0.299 e. The van der Waals surface area contributed by atoms with Crippen molar-refractivity contribution in [1.82, 2.24) is 5.16 Å². The van der Waals surface area contributed by atoms with E-state index in [1.165, 1.54) is 6.26 Å². The number of carbonyl (C=O) groups excluding carboxylic acids is 2. The number of rotatable bonds is 5. The number of carbonyl (C=O) groups is 2. The van der Waals surface area contributed by atoms with Crippen LogP contribution in [0.5, 0.6) is 0 Å². The topological polar surface area (TPSA) is 86.9 Å². The number of aromatic nitrogens is 1. The van der Waals surface area contributed by atoms with E-state index in [0.717, 1.165) is 43.4 Å². The molecule has 0 radical (unpaired) electrons. The lowest BCUT2D eigenvalue weighted by molar-refractivity contribution is -0.132. The van der Waals surface area contributed by atoms with E-state index in [-0.39, 0.29) is 17.3 Å². The van der Waals surface area contributed by atoms with Crippen molar-refractivity contribution in [3.63, 3.8) is 0 Å². The van der Waals surface area contributed by atoms with Gasteiger partial charge in [0.1, 0.15) is 17.7 Å². The van der Waals surface area contributed by atoms with Crippen LogP contribution in [0.15, 0.2) is 71.0 Å². The Morgan fingerprint density at radius 3 is 2.26 bits per heavy atom. The molecule has 2 aromatic carbocycles. The summed E-state index contributed by atoms with van der Waals surface area (Å²) in [4.78, 5) is 30.3. The van der Waals surface area contributed by atoms with Crippen molar-refractivity contribution in [2.24, 2.45) is 5.92 Å². The zero-order chi connectivity index (χ0) is 24.5.